The van der Waals surface area contributed by atoms with Crippen molar-refractivity contribution in [1.82, 2.24) is 4.90 Å². The van der Waals surface area contributed by atoms with Crippen LogP contribution < -0.4 is 10.2 Å². The number of ether oxygens (including phenoxy) is 1. The van der Waals surface area contributed by atoms with Crippen LogP contribution in [0.1, 0.15) is 17.2 Å². The highest BCUT2D eigenvalue weighted by atomic mass is 79.9. The summed E-state index contributed by atoms with van der Waals surface area (Å²) in [7, 11) is 0. The average Bonchev–Trinajstić information content (AvgIpc) is 2.85. The maximum atomic E-state index is 13.3. The maximum Gasteiger partial charge on any atom is 0.279 e. The van der Waals surface area contributed by atoms with Crippen molar-refractivity contribution in [2.45, 2.75) is 6.04 Å². The van der Waals surface area contributed by atoms with Crippen molar-refractivity contribution in [3.8, 4) is 0 Å². The first-order valence-corrected chi connectivity index (χ1v) is 10.3. The summed E-state index contributed by atoms with van der Waals surface area (Å²) in [5, 5.41) is 2.96. The molecule has 1 fully saturated rings. The molecule has 0 aliphatic carbocycles. The van der Waals surface area contributed by atoms with E-state index in [9.17, 15) is 9.59 Å². The van der Waals surface area contributed by atoms with Crippen LogP contribution in [0.4, 0.5) is 5.69 Å². The summed E-state index contributed by atoms with van der Waals surface area (Å²) in [6, 6.07) is 15.3. The lowest BCUT2D eigenvalue weighted by atomic mass is 9.96. The predicted molar refractivity (Wildman–Crippen MR) is 109 cm³/mol. The van der Waals surface area contributed by atoms with E-state index in [1.165, 1.54) is 4.90 Å². The molecule has 6 nitrogen and oxygen atoms in total. The highest BCUT2D eigenvalue weighted by molar-refractivity contribution is 9.10. The maximum absolute atomic E-state index is 13.3. The van der Waals surface area contributed by atoms with Gasteiger partial charge in [-0.3, -0.25) is 9.59 Å². The van der Waals surface area contributed by atoms with E-state index >= 15 is 0 Å². The fourth-order valence-corrected chi connectivity index (χ4v) is 4.24. The van der Waals surface area contributed by atoms with Gasteiger partial charge < -0.3 is 19.9 Å². The van der Waals surface area contributed by atoms with E-state index in [1.807, 2.05) is 48.5 Å². The summed E-state index contributed by atoms with van der Waals surface area (Å²) in [6.07, 6.45) is 0. The lowest BCUT2D eigenvalue weighted by molar-refractivity contribution is -0.900. The Morgan fingerprint density at radius 2 is 1.93 bits per heavy atom. The number of morpholine rings is 1. The molecule has 2 aliphatic rings. The highest BCUT2D eigenvalue weighted by Crippen LogP contribution is 2.37. The molecule has 0 unspecified atom stereocenters. The largest absolute Gasteiger partial charge is 0.370 e. The first kappa shape index (κ1) is 19.1. The zero-order valence-electron chi connectivity index (χ0n) is 15.5. The van der Waals surface area contributed by atoms with Gasteiger partial charge in [-0.1, -0.05) is 46.3 Å². The van der Waals surface area contributed by atoms with E-state index < -0.39 is 0 Å². The van der Waals surface area contributed by atoms with Gasteiger partial charge in [0, 0.05) is 15.7 Å². The summed E-state index contributed by atoms with van der Waals surface area (Å²) in [6.45, 7) is 3.35. The van der Waals surface area contributed by atoms with Crippen molar-refractivity contribution in [2.24, 2.45) is 0 Å². The van der Waals surface area contributed by atoms with Gasteiger partial charge in [-0.2, -0.15) is 0 Å². The van der Waals surface area contributed by atoms with Crippen molar-refractivity contribution in [3.05, 3.63) is 64.1 Å². The number of halogens is 1. The quantitative estimate of drug-likeness (QED) is 0.748. The van der Waals surface area contributed by atoms with Crippen LogP contribution in [-0.4, -0.2) is 56.1 Å². The molecule has 4 rings (SSSR count). The van der Waals surface area contributed by atoms with Crippen LogP contribution in [0.5, 0.6) is 0 Å². The van der Waals surface area contributed by atoms with Crippen molar-refractivity contribution >= 4 is 33.4 Å². The minimum absolute atomic E-state index is 0.0197. The number of carbonyl (C=O) groups excluding carboxylic acids is 2. The fourth-order valence-electron chi connectivity index (χ4n) is 3.86. The number of rotatable bonds is 3. The standard InChI is InChI=1S/C21H22BrN3O3/c22-16-6-7-18-17(12-16)21(15-4-2-1-3-5-15)25(13-19(26)23-18)20(27)14-24-8-10-28-11-9-24/h1-7,12,21H,8-11,13-14H2,(H,23,26)/p+1/t21-/m0/s1. The van der Waals surface area contributed by atoms with Crippen LogP contribution >= 0.6 is 15.9 Å². The number of fused-ring (bicyclic) bond motifs is 1. The Balaban J connectivity index is 1.73. The lowest BCUT2D eigenvalue weighted by Gasteiger charge is -2.32. The summed E-state index contributed by atoms with van der Waals surface area (Å²) < 4.78 is 6.31. The Bertz CT molecular complexity index is 868. The molecule has 0 spiro atoms. The van der Waals surface area contributed by atoms with E-state index in [0.29, 0.717) is 19.8 Å². The Kier molecular flexibility index (Phi) is 5.75. The number of benzene rings is 2. The van der Waals surface area contributed by atoms with Crippen molar-refractivity contribution in [1.29, 1.82) is 0 Å². The van der Waals surface area contributed by atoms with E-state index in [1.54, 1.807) is 4.90 Å². The van der Waals surface area contributed by atoms with E-state index in [0.717, 1.165) is 34.4 Å². The zero-order chi connectivity index (χ0) is 19.5. The van der Waals surface area contributed by atoms with Gasteiger partial charge in [0.1, 0.15) is 19.6 Å². The smallest absolute Gasteiger partial charge is 0.279 e. The Morgan fingerprint density at radius 3 is 2.68 bits per heavy atom. The van der Waals surface area contributed by atoms with Crippen LogP contribution in [0.2, 0.25) is 0 Å². The molecule has 2 amide bonds. The third kappa shape index (κ3) is 4.11. The molecule has 0 aromatic heterocycles. The first-order valence-electron chi connectivity index (χ1n) is 9.47. The van der Waals surface area contributed by atoms with Crippen LogP contribution in [-0.2, 0) is 14.3 Å². The Hall–Kier alpha value is -2.22. The Morgan fingerprint density at radius 1 is 1.18 bits per heavy atom. The number of hydrogen-bond donors (Lipinski definition) is 2. The fraction of sp³-hybridized carbons (Fsp3) is 0.333. The second-order valence-corrected chi connectivity index (χ2v) is 8.07. The van der Waals surface area contributed by atoms with E-state index in [2.05, 4.69) is 21.2 Å². The molecule has 2 heterocycles. The van der Waals surface area contributed by atoms with Gasteiger partial charge in [-0.05, 0) is 23.8 Å². The van der Waals surface area contributed by atoms with Gasteiger partial charge in [0.2, 0.25) is 5.91 Å². The summed E-state index contributed by atoms with van der Waals surface area (Å²) in [4.78, 5) is 28.8. The number of nitrogens with one attached hydrogen (secondary N) is 2. The number of carbonyl (C=O) groups is 2. The van der Waals surface area contributed by atoms with Gasteiger partial charge in [0.05, 0.1) is 19.3 Å². The van der Waals surface area contributed by atoms with Crippen molar-refractivity contribution < 1.29 is 19.2 Å². The third-order valence-electron chi connectivity index (χ3n) is 5.24. The molecular weight excluding hydrogens is 422 g/mol. The Labute approximate surface area is 172 Å². The van der Waals surface area contributed by atoms with Crippen molar-refractivity contribution in [2.75, 3.05) is 44.7 Å². The van der Waals surface area contributed by atoms with Gasteiger partial charge in [-0.15, -0.1) is 0 Å². The molecule has 2 N–H and O–H groups in total. The molecule has 1 atom stereocenters. The molecule has 2 aromatic rings. The molecule has 0 radical (unpaired) electrons. The zero-order valence-corrected chi connectivity index (χ0v) is 17.1. The molecule has 7 heteroatoms. The number of nitrogens with zero attached hydrogens (tertiary/aromatic N) is 1. The highest BCUT2D eigenvalue weighted by Gasteiger charge is 2.35. The SMILES string of the molecule is O=C1CN(C(=O)C[NH+]2CCOCC2)[C@@H](c2ccccc2)c2cc(Br)ccc2N1. The summed E-state index contributed by atoms with van der Waals surface area (Å²) in [5.41, 5.74) is 2.65. The third-order valence-corrected chi connectivity index (χ3v) is 5.74. The minimum atomic E-state index is -0.319. The number of anilines is 1. The molecule has 0 saturated carbocycles. The number of hydrogen-bond acceptors (Lipinski definition) is 3. The lowest BCUT2D eigenvalue weighted by Crippen LogP contribution is -3.15. The molecule has 28 heavy (non-hydrogen) atoms. The first-order chi connectivity index (χ1) is 13.6. The van der Waals surface area contributed by atoms with E-state index in [4.69, 9.17) is 4.74 Å². The molecular formula is C21H23BrN3O3+. The van der Waals surface area contributed by atoms with Crippen LogP contribution in [0.15, 0.2) is 53.0 Å². The number of quaternary nitrogens is 1. The molecule has 1 saturated heterocycles. The minimum Gasteiger partial charge on any atom is -0.370 e. The van der Waals surface area contributed by atoms with Crippen LogP contribution in [0.3, 0.4) is 0 Å². The van der Waals surface area contributed by atoms with Gasteiger partial charge in [0.15, 0.2) is 6.54 Å². The van der Waals surface area contributed by atoms with Gasteiger partial charge in [-0.25, -0.2) is 0 Å². The topological polar surface area (TPSA) is 63.1 Å². The van der Waals surface area contributed by atoms with Crippen molar-refractivity contribution in [3.63, 3.8) is 0 Å². The molecule has 2 aromatic carbocycles. The summed E-state index contributed by atoms with van der Waals surface area (Å²) in [5.74, 6) is -0.193. The monoisotopic (exact) mass is 444 g/mol. The van der Waals surface area contributed by atoms with Gasteiger partial charge in [0.25, 0.3) is 5.91 Å². The van der Waals surface area contributed by atoms with Crippen LogP contribution in [0.25, 0.3) is 0 Å². The number of amides is 2. The normalized spacial score (nSPS) is 20.2. The van der Waals surface area contributed by atoms with Crippen LogP contribution in [0, 0.1) is 0 Å². The molecule has 2 aliphatic heterocycles. The second kappa shape index (κ2) is 8.43. The van der Waals surface area contributed by atoms with Gasteiger partial charge >= 0.3 is 0 Å². The molecule has 146 valence electrons. The predicted octanol–water partition coefficient (Wildman–Crippen LogP) is 1.23. The average molecular weight is 445 g/mol. The second-order valence-electron chi connectivity index (χ2n) is 7.15. The molecule has 0 bridgehead atoms. The van der Waals surface area contributed by atoms with E-state index in [-0.39, 0.29) is 24.4 Å². The summed E-state index contributed by atoms with van der Waals surface area (Å²) >= 11 is 3.53.